The molecule has 1 aliphatic rings. The van der Waals surface area contributed by atoms with Crippen LogP contribution in [0.15, 0.2) is 0 Å². The molecule has 0 spiro atoms. The van der Waals surface area contributed by atoms with E-state index in [1.807, 2.05) is 34.6 Å². The van der Waals surface area contributed by atoms with E-state index in [9.17, 15) is 14.4 Å². The van der Waals surface area contributed by atoms with Gasteiger partial charge in [-0.1, -0.05) is 41.5 Å². The van der Waals surface area contributed by atoms with E-state index in [0.717, 1.165) is 0 Å². The Kier molecular flexibility index (Phi) is 8.72. The van der Waals surface area contributed by atoms with Crippen LogP contribution in [-0.4, -0.2) is 48.8 Å². The summed E-state index contributed by atoms with van der Waals surface area (Å²) in [5, 5.41) is 2.99. The number of nitrogens with one attached hydrogen (secondary N) is 1. The SMILES string of the molecule is CCC(=O)O[C@H]1C[C@H](OCC(C)C)[C@H](NC(=O)C(C)(C)C)[C@@H](OC(C)=O)C1. The van der Waals surface area contributed by atoms with Crippen LogP contribution in [0.1, 0.15) is 67.7 Å². The van der Waals surface area contributed by atoms with Crippen molar-refractivity contribution in [2.24, 2.45) is 11.3 Å². The van der Waals surface area contributed by atoms with E-state index in [-0.39, 0.29) is 18.3 Å². The lowest BCUT2D eigenvalue weighted by Crippen LogP contribution is -2.59. The smallest absolute Gasteiger partial charge is 0.305 e. The van der Waals surface area contributed by atoms with Crippen molar-refractivity contribution >= 4 is 17.8 Å². The van der Waals surface area contributed by atoms with Crippen molar-refractivity contribution in [3.63, 3.8) is 0 Å². The summed E-state index contributed by atoms with van der Waals surface area (Å²) in [6.07, 6.45) is -0.383. The van der Waals surface area contributed by atoms with Crippen molar-refractivity contribution in [2.45, 2.75) is 92.1 Å². The van der Waals surface area contributed by atoms with Crippen LogP contribution in [0, 0.1) is 11.3 Å². The van der Waals surface area contributed by atoms with Crippen LogP contribution in [0.4, 0.5) is 0 Å². The highest BCUT2D eigenvalue weighted by molar-refractivity contribution is 5.81. The molecule has 1 saturated carbocycles. The van der Waals surface area contributed by atoms with Crippen molar-refractivity contribution in [2.75, 3.05) is 6.61 Å². The second kappa shape index (κ2) is 10.1. The number of carbonyl (C=O) groups excluding carboxylic acids is 3. The Morgan fingerprint density at radius 3 is 2.15 bits per heavy atom. The topological polar surface area (TPSA) is 90.9 Å². The Balaban J connectivity index is 3.05. The molecule has 0 radical (unpaired) electrons. The summed E-state index contributed by atoms with van der Waals surface area (Å²) in [5.74, 6) is -0.594. The fraction of sp³-hybridized carbons (Fsp3) is 0.850. The molecule has 0 aromatic heterocycles. The first-order chi connectivity index (χ1) is 12.4. The summed E-state index contributed by atoms with van der Waals surface area (Å²) < 4.78 is 17.0. The maximum atomic E-state index is 12.6. The molecule has 7 nitrogen and oxygen atoms in total. The molecular formula is C20H35NO6. The molecule has 4 atom stereocenters. The molecule has 0 aromatic carbocycles. The van der Waals surface area contributed by atoms with Gasteiger partial charge in [0.15, 0.2) is 0 Å². The molecule has 0 saturated heterocycles. The first kappa shape index (κ1) is 23.4. The zero-order valence-electron chi connectivity index (χ0n) is 17.7. The number of amides is 1. The Morgan fingerprint density at radius 1 is 1.07 bits per heavy atom. The van der Waals surface area contributed by atoms with Gasteiger partial charge in [0.2, 0.25) is 5.91 Å². The summed E-state index contributed by atoms with van der Waals surface area (Å²) in [4.78, 5) is 35.9. The first-order valence-corrected chi connectivity index (χ1v) is 9.73. The largest absolute Gasteiger partial charge is 0.462 e. The highest BCUT2D eigenvalue weighted by Gasteiger charge is 2.43. The van der Waals surface area contributed by atoms with Crippen molar-refractivity contribution in [1.29, 1.82) is 0 Å². The van der Waals surface area contributed by atoms with E-state index in [1.54, 1.807) is 6.92 Å². The predicted molar refractivity (Wildman–Crippen MR) is 101 cm³/mol. The average Bonchev–Trinajstić information content (AvgIpc) is 2.53. The molecule has 1 aliphatic carbocycles. The summed E-state index contributed by atoms with van der Waals surface area (Å²) in [6, 6.07) is -0.490. The van der Waals surface area contributed by atoms with Crippen molar-refractivity contribution in [1.82, 2.24) is 5.32 Å². The second-order valence-electron chi connectivity index (χ2n) is 8.60. The van der Waals surface area contributed by atoms with Gasteiger partial charge in [0, 0.05) is 38.2 Å². The summed E-state index contributed by atoms with van der Waals surface area (Å²) >= 11 is 0. The van der Waals surface area contributed by atoms with Crippen LogP contribution in [0.25, 0.3) is 0 Å². The number of esters is 2. The fourth-order valence-electron chi connectivity index (χ4n) is 2.89. The highest BCUT2D eigenvalue weighted by atomic mass is 16.6. The van der Waals surface area contributed by atoms with Gasteiger partial charge in [0.25, 0.3) is 0 Å². The first-order valence-electron chi connectivity index (χ1n) is 9.73. The zero-order valence-corrected chi connectivity index (χ0v) is 17.7. The van der Waals surface area contributed by atoms with E-state index in [2.05, 4.69) is 5.32 Å². The summed E-state index contributed by atoms with van der Waals surface area (Å²) in [7, 11) is 0. The Bertz CT molecular complexity index is 525. The van der Waals surface area contributed by atoms with Crippen LogP contribution in [0.5, 0.6) is 0 Å². The van der Waals surface area contributed by atoms with Gasteiger partial charge in [-0.15, -0.1) is 0 Å². The molecule has 1 fully saturated rings. The lowest BCUT2D eigenvalue weighted by atomic mass is 9.85. The molecule has 27 heavy (non-hydrogen) atoms. The molecule has 7 heteroatoms. The van der Waals surface area contributed by atoms with Gasteiger partial charge in [0.05, 0.1) is 12.1 Å². The molecule has 0 unspecified atom stereocenters. The van der Waals surface area contributed by atoms with Crippen molar-refractivity contribution < 1.29 is 28.6 Å². The van der Waals surface area contributed by atoms with Gasteiger partial charge in [-0.05, 0) is 5.92 Å². The molecule has 156 valence electrons. The maximum absolute atomic E-state index is 12.6. The normalized spacial score (nSPS) is 25.8. The van der Waals surface area contributed by atoms with Crippen LogP contribution >= 0.6 is 0 Å². The minimum Gasteiger partial charge on any atom is -0.462 e. The van der Waals surface area contributed by atoms with Crippen LogP contribution < -0.4 is 5.32 Å². The van der Waals surface area contributed by atoms with Crippen molar-refractivity contribution in [3.05, 3.63) is 0 Å². The van der Waals surface area contributed by atoms with Crippen LogP contribution in [0.3, 0.4) is 0 Å². The van der Waals surface area contributed by atoms with E-state index >= 15 is 0 Å². The summed E-state index contributed by atoms with van der Waals surface area (Å²) in [6.45, 7) is 13.1. The molecular weight excluding hydrogens is 350 g/mol. The average molecular weight is 386 g/mol. The molecule has 1 rings (SSSR count). The van der Waals surface area contributed by atoms with Crippen molar-refractivity contribution in [3.8, 4) is 0 Å². The van der Waals surface area contributed by atoms with E-state index in [4.69, 9.17) is 14.2 Å². The third kappa shape index (κ3) is 7.87. The molecule has 0 bridgehead atoms. The van der Waals surface area contributed by atoms with Crippen LogP contribution in [-0.2, 0) is 28.6 Å². The molecule has 0 aromatic rings. The van der Waals surface area contributed by atoms with Crippen LogP contribution in [0.2, 0.25) is 0 Å². The lowest BCUT2D eigenvalue weighted by Gasteiger charge is -2.41. The molecule has 0 heterocycles. The molecule has 1 N–H and O–H groups in total. The van der Waals surface area contributed by atoms with Gasteiger partial charge in [0.1, 0.15) is 12.2 Å². The Morgan fingerprint density at radius 2 is 1.67 bits per heavy atom. The molecule has 0 aliphatic heterocycles. The highest BCUT2D eigenvalue weighted by Crippen LogP contribution is 2.29. The number of carbonyl (C=O) groups is 3. The Labute approximate surface area is 162 Å². The maximum Gasteiger partial charge on any atom is 0.305 e. The second-order valence-corrected chi connectivity index (χ2v) is 8.60. The number of hydrogen-bond donors (Lipinski definition) is 1. The quantitative estimate of drug-likeness (QED) is 0.678. The Hall–Kier alpha value is -1.63. The molecule has 1 amide bonds. The van der Waals surface area contributed by atoms with Gasteiger partial charge in [-0.2, -0.15) is 0 Å². The predicted octanol–water partition coefficient (Wildman–Crippen LogP) is 2.61. The monoisotopic (exact) mass is 385 g/mol. The number of hydrogen-bond acceptors (Lipinski definition) is 6. The third-order valence-corrected chi connectivity index (χ3v) is 4.32. The number of ether oxygens (including phenoxy) is 3. The van der Waals surface area contributed by atoms with E-state index in [0.29, 0.717) is 25.4 Å². The van der Waals surface area contributed by atoms with Gasteiger partial charge >= 0.3 is 11.9 Å². The standard InChI is InChI=1S/C20H35NO6/c1-8-17(23)27-14-9-15(25-11-12(2)3)18(16(10-14)26-13(4)22)21-19(24)20(5,6)7/h12,14-16,18H,8-11H2,1-7H3,(H,21,24)/t14-,15-,16-,18-/m0/s1. The third-order valence-electron chi connectivity index (χ3n) is 4.32. The fourth-order valence-corrected chi connectivity index (χ4v) is 2.89. The number of rotatable bonds is 7. The van der Waals surface area contributed by atoms with E-state index in [1.165, 1.54) is 6.92 Å². The minimum atomic E-state index is -0.616. The van der Waals surface area contributed by atoms with E-state index < -0.39 is 35.7 Å². The summed E-state index contributed by atoms with van der Waals surface area (Å²) in [5.41, 5.74) is -0.588. The van der Waals surface area contributed by atoms with Gasteiger partial charge in [-0.25, -0.2) is 0 Å². The minimum absolute atomic E-state index is 0.146. The lowest BCUT2D eigenvalue weighted by molar-refractivity contribution is -0.170. The van der Waals surface area contributed by atoms with Gasteiger partial charge < -0.3 is 19.5 Å². The van der Waals surface area contributed by atoms with Gasteiger partial charge in [-0.3, -0.25) is 14.4 Å². The zero-order chi connectivity index (χ0) is 20.8.